The third kappa shape index (κ3) is 5.88. The van der Waals surface area contributed by atoms with Crippen LogP contribution in [0.1, 0.15) is 29.8 Å². The molecule has 2 aromatic carbocycles. The normalized spacial score (nSPS) is 16.5. The van der Waals surface area contributed by atoms with Gasteiger partial charge >= 0.3 is 0 Å². The van der Waals surface area contributed by atoms with Gasteiger partial charge in [0.05, 0.1) is 20.3 Å². The Kier molecular flexibility index (Phi) is 7.96. The molecule has 6 nitrogen and oxygen atoms in total. The van der Waals surface area contributed by atoms with Crippen LogP contribution in [0.25, 0.3) is 0 Å². The molecular formula is C23H29ClN2O4. The fourth-order valence-electron chi connectivity index (χ4n) is 3.38. The lowest BCUT2D eigenvalue weighted by Gasteiger charge is -2.35. The number of rotatable bonds is 8. The van der Waals surface area contributed by atoms with E-state index in [0.717, 1.165) is 31.9 Å². The number of morpholine rings is 1. The summed E-state index contributed by atoms with van der Waals surface area (Å²) in [5.41, 5.74) is 1.53. The third-order valence-corrected chi connectivity index (χ3v) is 5.69. The van der Waals surface area contributed by atoms with E-state index in [1.165, 1.54) is 0 Å². The van der Waals surface area contributed by atoms with Gasteiger partial charge in [0.25, 0.3) is 5.91 Å². The molecule has 1 aliphatic heterocycles. The summed E-state index contributed by atoms with van der Waals surface area (Å²) in [6.45, 7) is 7.78. The predicted molar refractivity (Wildman–Crippen MR) is 118 cm³/mol. The molecule has 30 heavy (non-hydrogen) atoms. The maximum atomic E-state index is 12.8. The van der Waals surface area contributed by atoms with Crippen LogP contribution >= 0.6 is 11.6 Å². The minimum Gasteiger partial charge on any atom is -0.493 e. The van der Waals surface area contributed by atoms with Gasteiger partial charge in [-0.2, -0.15) is 0 Å². The van der Waals surface area contributed by atoms with E-state index in [0.29, 0.717) is 28.7 Å². The second kappa shape index (κ2) is 10.7. The number of nitrogens with zero attached hydrogens (tertiary/aromatic N) is 1. The van der Waals surface area contributed by atoms with Crippen LogP contribution in [0.3, 0.4) is 0 Å². The van der Waals surface area contributed by atoms with Crippen molar-refractivity contribution in [1.29, 1.82) is 0 Å². The van der Waals surface area contributed by atoms with Gasteiger partial charge < -0.3 is 19.5 Å². The SMILES string of the molecule is COc1cc(C(=O)NC(C)C(C)N2CCOCC2)ccc1OCc1ccc(Cl)cc1. The fourth-order valence-corrected chi connectivity index (χ4v) is 3.51. The molecule has 162 valence electrons. The molecule has 1 saturated heterocycles. The zero-order valence-corrected chi connectivity index (χ0v) is 18.4. The number of halogens is 1. The van der Waals surface area contributed by atoms with Crippen molar-refractivity contribution in [2.45, 2.75) is 32.5 Å². The van der Waals surface area contributed by atoms with E-state index < -0.39 is 0 Å². The Bertz CT molecular complexity index is 838. The minimum absolute atomic E-state index is 0.00225. The number of carbonyl (C=O) groups excluding carboxylic acids is 1. The van der Waals surface area contributed by atoms with Crippen molar-refractivity contribution in [3.8, 4) is 11.5 Å². The maximum absolute atomic E-state index is 12.8. The second-order valence-electron chi connectivity index (χ2n) is 7.43. The largest absolute Gasteiger partial charge is 0.493 e. The highest BCUT2D eigenvalue weighted by Crippen LogP contribution is 2.29. The summed E-state index contributed by atoms with van der Waals surface area (Å²) < 4.78 is 16.7. The van der Waals surface area contributed by atoms with Gasteiger partial charge in [-0.25, -0.2) is 0 Å². The molecule has 0 saturated carbocycles. The van der Waals surface area contributed by atoms with Crippen molar-refractivity contribution in [3.05, 3.63) is 58.6 Å². The van der Waals surface area contributed by atoms with Gasteiger partial charge in [-0.15, -0.1) is 0 Å². The first kappa shape index (κ1) is 22.4. The summed E-state index contributed by atoms with van der Waals surface area (Å²) in [4.78, 5) is 15.1. The Morgan fingerprint density at radius 1 is 1.13 bits per heavy atom. The molecule has 0 radical (unpaired) electrons. The molecule has 7 heteroatoms. The molecule has 1 amide bonds. The van der Waals surface area contributed by atoms with E-state index in [2.05, 4.69) is 17.1 Å². The molecule has 1 N–H and O–H groups in total. The Hall–Kier alpha value is -2.28. The number of amides is 1. The van der Waals surface area contributed by atoms with Crippen LogP contribution in [-0.2, 0) is 11.3 Å². The lowest BCUT2D eigenvalue weighted by Crippen LogP contribution is -2.52. The first-order valence-electron chi connectivity index (χ1n) is 10.2. The van der Waals surface area contributed by atoms with Crippen LogP contribution in [-0.4, -0.2) is 56.3 Å². The highest BCUT2D eigenvalue weighted by molar-refractivity contribution is 6.30. The summed E-state index contributed by atoms with van der Waals surface area (Å²) in [6.07, 6.45) is 0. The molecule has 3 rings (SSSR count). The molecule has 2 atom stereocenters. The molecule has 0 aromatic heterocycles. The Morgan fingerprint density at radius 3 is 2.50 bits per heavy atom. The summed E-state index contributed by atoms with van der Waals surface area (Å²) >= 11 is 5.92. The molecular weight excluding hydrogens is 404 g/mol. The molecule has 0 spiro atoms. The standard InChI is InChI=1S/C23H29ClN2O4/c1-16(17(2)26-10-12-29-13-11-26)25-23(27)19-6-9-21(22(14-19)28-3)30-15-18-4-7-20(24)8-5-18/h4-9,14,16-17H,10-13,15H2,1-3H3,(H,25,27). The average molecular weight is 433 g/mol. The molecule has 1 heterocycles. The van der Waals surface area contributed by atoms with Crippen molar-refractivity contribution in [1.82, 2.24) is 10.2 Å². The van der Waals surface area contributed by atoms with Crippen LogP contribution in [0.4, 0.5) is 0 Å². The second-order valence-corrected chi connectivity index (χ2v) is 7.87. The zero-order chi connectivity index (χ0) is 21.5. The Morgan fingerprint density at radius 2 is 1.83 bits per heavy atom. The number of nitrogens with one attached hydrogen (secondary N) is 1. The topological polar surface area (TPSA) is 60.0 Å². The van der Waals surface area contributed by atoms with Crippen LogP contribution < -0.4 is 14.8 Å². The monoisotopic (exact) mass is 432 g/mol. The van der Waals surface area contributed by atoms with Crippen molar-refractivity contribution >= 4 is 17.5 Å². The summed E-state index contributed by atoms with van der Waals surface area (Å²) in [5, 5.41) is 3.78. The van der Waals surface area contributed by atoms with Crippen LogP contribution in [0.15, 0.2) is 42.5 Å². The Balaban J connectivity index is 1.61. The molecule has 0 bridgehead atoms. The van der Waals surface area contributed by atoms with Gasteiger partial charge in [0.1, 0.15) is 6.61 Å². The van der Waals surface area contributed by atoms with Gasteiger partial charge in [-0.3, -0.25) is 9.69 Å². The van der Waals surface area contributed by atoms with E-state index in [1.807, 2.05) is 31.2 Å². The zero-order valence-electron chi connectivity index (χ0n) is 17.7. The third-order valence-electron chi connectivity index (χ3n) is 5.44. The first-order valence-corrected chi connectivity index (χ1v) is 10.5. The van der Waals surface area contributed by atoms with Gasteiger partial charge in [-0.1, -0.05) is 23.7 Å². The molecule has 0 aliphatic carbocycles. The van der Waals surface area contributed by atoms with Gasteiger partial charge in [0, 0.05) is 35.8 Å². The van der Waals surface area contributed by atoms with E-state index in [9.17, 15) is 4.79 Å². The number of methoxy groups -OCH3 is 1. The number of ether oxygens (including phenoxy) is 3. The van der Waals surface area contributed by atoms with E-state index in [1.54, 1.807) is 25.3 Å². The van der Waals surface area contributed by atoms with Crippen molar-refractivity contribution in [2.75, 3.05) is 33.4 Å². The highest BCUT2D eigenvalue weighted by Gasteiger charge is 2.24. The van der Waals surface area contributed by atoms with Crippen LogP contribution in [0, 0.1) is 0 Å². The van der Waals surface area contributed by atoms with E-state index >= 15 is 0 Å². The number of hydrogen-bond acceptors (Lipinski definition) is 5. The first-order chi connectivity index (χ1) is 14.5. The van der Waals surface area contributed by atoms with E-state index in [4.69, 9.17) is 25.8 Å². The predicted octanol–water partition coefficient (Wildman–Crippen LogP) is 3.77. The molecule has 1 aliphatic rings. The van der Waals surface area contributed by atoms with Gasteiger partial charge in [-0.05, 0) is 49.7 Å². The number of hydrogen-bond donors (Lipinski definition) is 1. The highest BCUT2D eigenvalue weighted by atomic mass is 35.5. The lowest BCUT2D eigenvalue weighted by atomic mass is 10.1. The summed E-state index contributed by atoms with van der Waals surface area (Å²) in [7, 11) is 1.56. The lowest BCUT2D eigenvalue weighted by molar-refractivity contribution is 0.0137. The molecule has 2 aromatic rings. The Labute approximate surface area is 183 Å². The smallest absolute Gasteiger partial charge is 0.251 e. The fraction of sp³-hybridized carbons (Fsp3) is 0.435. The maximum Gasteiger partial charge on any atom is 0.251 e. The van der Waals surface area contributed by atoms with Crippen LogP contribution in [0.2, 0.25) is 5.02 Å². The van der Waals surface area contributed by atoms with Gasteiger partial charge in [0.2, 0.25) is 0 Å². The number of carbonyl (C=O) groups is 1. The minimum atomic E-state index is -0.134. The van der Waals surface area contributed by atoms with Crippen molar-refractivity contribution in [3.63, 3.8) is 0 Å². The number of benzene rings is 2. The molecule has 1 fully saturated rings. The average Bonchev–Trinajstić information content (AvgIpc) is 2.78. The van der Waals surface area contributed by atoms with Crippen molar-refractivity contribution in [2.24, 2.45) is 0 Å². The summed E-state index contributed by atoms with van der Waals surface area (Å²) in [5.74, 6) is 0.967. The van der Waals surface area contributed by atoms with Crippen LogP contribution in [0.5, 0.6) is 11.5 Å². The quantitative estimate of drug-likeness (QED) is 0.688. The van der Waals surface area contributed by atoms with Gasteiger partial charge in [0.15, 0.2) is 11.5 Å². The summed E-state index contributed by atoms with van der Waals surface area (Å²) in [6, 6.07) is 12.9. The molecule has 2 unspecified atom stereocenters. The van der Waals surface area contributed by atoms with E-state index in [-0.39, 0.29) is 18.0 Å². The van der Waals surface area contributed by atoms with Crippen molar-refractivity contribution < 1.29 is 19.0 Å².